The quantitative estimate of drug-likeness (QED) is 0.714. The average molecular weight is 301 g/mol. The highest BCUT2D eigenvalue weighted by atomic mass is 19.1. The molecule has 0 aliphatic rings. The van der Waals surface area contributed by atoms with Crippen molar-refractivity contribution >= 4 is 11.6 Å². The van der Waals surface area contributed by atoms with Crippen LogP contribution in [0.25, 0.3) is 0 Å². The van der Waals surface area contributed by atoms with E-state index in [-0.39, 0.29) is 24.2 Å². The number of anilines is 1. The second-order valence-electron chi connectivity index (χ2n) is 5.53. The van der Waals surface area contributed by atoms with Crippen molar-refractivity contribution in [3.05, 3.63) is 23.5 Å². The number of rotatable bonds is 7. The third kappa shape index (κ3) is 4.93. The summed E-state index contributed by atoms with van der Waals surface area (Å²) in [5, 5.41) is 12.4. The van der Waals surface area contributed by atoms with Crippen LogP contribution in [0.2, 0.25) is 0 Å². The van der Waals surface area contributed by atoms with Crippen molar-refractivity contribution in [3.8, 4) is 0 Å². The average Bonchev–Trinajstić information content (AvgIpc) is 2.34. The first-order valence-corrected chi connectivity index (χ1v) is 6.65. The number of nitrogens with zero attached hydrogens (tertiary/aromatic N) is 1. The van der Waals surface area contributed by atoms with Crippen molar-refractivity contribution in [2.45, 2.75) is 45.1 Å². The van der Waals surface area contributed by atoms with E-state index in [2.05, 4.69) is 10.3 Å². The molecule has 0 aliphatic carbocycles. The molecule has 0 saturated heterocycles. The van der Waals surface area contributed by atoms with Gasteiger partial charge in [-0.2, -0.15) is 0 Å². The summed E-state index contributed by atoms with van der Waals surface area (Å²) in [4.78, 5) is 15.5. The van der Waals surface area contributed by atoms with E-state index in [9.17, 15) is 18.7 Å². The largest absolute Gasteiger partial charge is 0.387 e. The topological polar surface area (TPSA) is 88.2 Å². The Labute approximate surface area is 122 Å². The van der Waals surface area contributed by atoms with E-state index < -0.39 is 23.9 Å². The normalized spacial score (nSPS) is 14.6. The number of aromatic nitrogens is 1. The van der Waals surface area contributed by atoms with Crippen molar-refractivity contribution in [1.82, 2.24) is 4.98 Å². The maximum Gasteiger partial charge on any atom is 0.252 e. The molecule has 0 unspecified atom stereocenters. The lowest BCUT2D eigenvalue weighted by molar-refractivity contribution is -0.00307. The van der Waals surface area contributed by atoms with Gasteiger partial charge in [-0.05, 0) is 26.8 Å². The Bertz CT molecular complexity index is 501. The van der Waals surface area contributed by atoms with Crippen LogP contribution in [0.3, 0.4) is 0 Å². The summed E-state index contributed by atoms with van der Waals surface area (Å²) >= 11 is 0. The molecule has 0 bridgehead atoms. The zero-order chi connectivity index (χ0) is 16.2. The van der Waals surface area contributed by atoms with E-state index in [0.717, 1.165) is 0 Å². The summed E-state index contributed by atoms with van der Waals surface area (Å²) < 4.78 is 26.9. The fraction of sp³-hybridized carbons (Fsp3) is 0.571. The molecule has 1 rings (SSSR count). The SMILES string of the molecule is C[C@@H](F)CNc1ccnc(C[C@@H](F)C(C)(C)O)c1C(N)=O. The van der Waals surface area contributed by atoms with Crippen molar-refractivity contribution in [3.63, 3.8) is 0 Å². The number of alkyl halides is 2. The number of nitrogens with one attached hydrogen (secondary N) is 1. The number of hydrogen-bond donors (Lipinski definition) is 3. The van der Waals surface area contributed by atoms with E-state index in [4.69, 9.17) is 5.73 Å². The molecule has 1 amide bonds. The van der Waals surface area contributed by atoms with Gasteiger partial charge in [0.2, 0.25) is 0 Å². The molecule has 0 spiro atoms. The Morgan fingerprint density at radius 1 is 1.52 bits per heavy atom. The minimum Gasteiger partial charge on any atom is -0.387 e. The molecule has 1 aromatic heterocycles. The second kappa shape index (κ2) is 6.80. The summed E-state index contributed by atoms with van der Waals surface area (Å²) in [5.74, 6) is -0.782. The first-order chi connectivity index (χ1) is 9.62. The second-order valence-corrected chi connectivity index (χ2v) is 5.53. The Morgan fingerprint density at radius 2 is 2.14 bits per heavy atom. The van der Waals surface area contributed by atoms with Crippen LogP contribution in [0.1, 0.15) is 36.8 Å². The van der Waals surface area contributed by atoms with Gasteiger partial charge in [0, 0.05) is 19.2 Å². The predicted octanol–water partition coefficient (Wildman–Crippen LogP) is 1.60. The van der Waals surface area contributed by atoms with Crippen LogP contribution < -0.4 is 11.1 Å². The zero-order valence-corrected chi connectivity index (χ0v) is 12.4. The van der Waals surface area contributed by atoms with Crippen LogP contribution in [-0.4, -0.2) is 40.5 Å². The van der Waals surface area contributed by atoms with Gasteiger partial charge in [0.15, 0.2) is 0 Å². The van der Waals surface area contributed by atoms with Crippen molar-refractivity contribution in [2.24, 2.45) is 5.73 Å². The van der Waals surface area contributed by atoms with Crippen LogP contribution >= 0.6 is 0 Å². The monoisotopic (exact) mass is 301 g/mol. The number of primary amides is 1. The summed E-state index contributed by atoms with van der Waals surface area (Å²) in [7, 11) is 0. The van der Waals surface area contributed by atoms with E-state index in [0.29, 0.717) is 5.69 Å². The lowest BCUT2D eigenvalue weighted by Gasteiger charge is -2.23. The van der Waals surface area contributed by atoms with Gasteiger partial charge in [0.25, 0.3) is 5.91 Å². The molecule has 0 aliphatic heterocycles. The van der Waals surface area contributed by atoms with Crippen LogP contribution in [0.15, 0.2) is 12.3 Å². The summed E-state index contributed by atoms with van der Waals surface area (Å²) in [6.07, 6.45) is -1.61. The third-order valence-electron chi connectivity index (χ3n) is 2.99. The van der Waals surface area contributed by atoms with Gasteiger partial charge in [-0.3, -0.25) is 9.78 Å². The highest BCUT2D eigenvalue weighted by Crippen LogP contribution is 2.23. The number of amides is 1. The highest BCUT2D eigenvalue weighted by molar-refractivity contribution is 5.99. The minimum atomic E-state index is -1.61. The standard InChI is InChI=1S/C14H21F2N3O2/c1-8(15)7-19-9-4-5-18-10(12(9)13(17)20)6-11(16)14(2,3)21/h4-5,8,11,21H,6-7H2,1-3H3,(H2,17,20)(H,18,19)/t8-,11-/m1/s1. The molecule has 1 heterocycles. The van der Waals surface area contributed by atoms with E-state index in [1.807, 2.05) is 0 Å². The molecule has 118 valence electrons. The van der Waals surface area contributed by atoms with Crippen molar-refractivity contribution in [2.75, 3.05) is 11.9 Å². The molecule has 2 atom stereocenters. The number of aliphatic hydroxyl groups is 1. The lowest BCUT2D eigenvalue weighted by Crippen LogP contribution is -2.35. The molecule has 0 radical (unpaired) electrons. The van der Waals surface area contributed by atoms with Gasteiger partial charge in [0.1, 0.15) is 12.3 Å². The van der Waals surface area contributed by atoms with Crippen molar-refractivity contribution in [1.29, 1.82) is 0 Å². The Kier molecular flexibility index (Phi) is 5.60. The third-order valence-corrected chi connectivity index (χ3v) is 2.99. The molecule has 7 heteroatoms. The van der Waals surface area contributed by atoms with Crippen LogP contribution in [0, 0.1) is 0 Å². The molecule has 0 saturated carbocycles. The van der Waals surface area contributed by atoms with Crippen LogP contribution in [0.4, 0.5) is 14.5 Å². The predicted molar refractivity (Wildman–Crippen MR) is 76.7 cm³/mol. The van der Waals surface area contributed by atoms with Crippen molar-refractivity contribution < 1.29 is 18.7 Å². The molecule has 4 N–H and O–H groups in total. The fourth-order valence-corrected chi connectivity index (χ4v) is 1.75. The smallest absolute Gasteiger partial charge is 0.252 e. The van der Waals surface area contributed by atoms with Gasteiger partial charge < -0.3 is 16.2 Å². The Morgan fingerprint density at radius 3 is 2.62 bits per heavy atom. The first kappa shape index (κ1) is 17.3. The molecule has 21 heavy (non-hydrogen) atoms. The Hall–Kier alpha value is -1.76. The maximum absolute atomic E-state index is 14.0. The number of nitrogens with two attached hydrogens (primary N) is 1. The molecule has 5 nitrogen and oxygen atoms in total. The number of hydrogen-bond acceptors (Lipinski definition) is 4. The number of halogens is 2. The van der Waals surface area contributed by atoms with Gasteiger partial charge in [0.05, 0.1) is 22.5 Å². The minimum absolute atomic E-state index is 0.00567. The van der Waals surface area contributed by atoms with E-state index in [1.165, 1.54) is 33.0 Å². The summed E-state index contributed by atoms with van der Waals surface area (Å²) in [6.45, 7) is 4.02. The van der Waals surface area contributed by atoms with E-state index >= 15 is 0 Å². The molecular weight excluding hydrogens is 280 g/mol. The first-order valence-electron chi connectivity index (χ1n) is 6.65. The number of carbonyl (C=O) groups is 1. The summed E-state index contributed by atoms with van der Waals surface area (Å²) in [6, 6.07) is 1.48. The van der Waals surface area contributed by atoms with Gasteiger partial charge >= 0.3 is 0 Å². The van der Waals surface area contributed by atoms with Crippen LogP contribution in [0.5, 0.6) is 0 Å². The molecule has 1 aromatic rings. The van der Waals surface area contributed by atoms with Crippen LogP contribution in [-0.2, 0) is 6.42 Å². The van der Waals surface area contributed by atoms with E-state index in [1.54, 1.807) is 0 Å². The Balaban J connectivity index is 3.09. The number of pyridine rings is 1. The molecule has 0 fully saturated rings. The fourth-order valence-electron chi connectivity index (χ4n) is 1.75. The summed E-state index contributed by atoms with van der Waals surface area (Å²) in [5.41, 5.74) is 4.20. The molecular formula is C14H21F2N3O2. The number of carbonyl (C=O) groups excluding carboxylic acids is 1. The molecule has 0 aromatic carbocycles. The van der Waals surface area contributed by atoms with Gasteiger partial charge in [-0.25, -0.2) is 8.78 Å². The lowest BCUT2D eigenvalue weighted by atomic mass is 9.96. The van der Waals surface area contributed by atoms with Gasteiger partial charge in [-0.1, -0.05) is 0 Å². The highest BCUT2D eigenvalue weighted by Gasteiger charge is 2.29. The zero-order valence-electron chi connectivity index (χ0n) is 12.4. The van der Waals surface area contributed by atoms with Gasteiger partial charge in [-0.15, -0.1) is 0 Å². The maximum atomic E-state index is 14.0.